The summed E-state index contributed by atoms with van der Waals surface area (Å²) >= 11 is 5.71. The molecular weight excluding hydrogens is 452 g/mol. The van der Waals surface area contributed by atoms with E-state index in [1.54, 1.807) is 0 Å². The summed E-state index contributed by atoms with van der Waals surface area (Å²) in [5, 5.41) is 2.73. The fourth-order valence-electron chi connectivity index (χ4n) is 3.13. The lowest BCUT2D eigenvalue weighted by Crippen LogP contribution is -2.57. The van der Waals surface area contributed by atoms with E-state index in [1.165, 1.54) is 50.5 Å². The summed E-state index contributed by atoms with van der Waals surface area (Å²) in [7, 11) is -3.88. The summed E-state index contributed by atoms with van der Waals surface area (Å²) in [6, 6.07) is 5.74. The van der Waals surface area contributed by atoms with Gasteiger partial charge in [0.25, 0.3) is 5.91 Å². The number of nitrogens with zero attached hydrogens (tertiary/aromatic N) is 2. The third-order valence-corrected chi connectivity index (χ3v) is 6.98. The molecular formula is C20H22ClF2N3O4S. The Balaban J connectivity index is 1.64. The van der Waals surface area contributed by atoms with Gasteiger partial charge in [0.15, 0.2) is 17.2 Å². The number of halogens is 3. The molecule has 1 aliphatic rings. The number of hydrogen-bond donors (Lipinski definition) is 1. The van der Waals surface area contributed by atoms with Crippen molar-refractivity contribution in [3.05, 3.63) is 53.6 Å². The molecule has 1 fully saturated rings. The third-order valence-electron chi connectivity index (χ3n) is 4.90. The number of ether oxygens (including phenoxy) is 1. The Hall–Kier alpha value is -2.30. The van der Waals surface area contributed by atoms with E-state index in [2.05, 4.69) is 10.3 Å². The molecule has 2 aromatic rings. The van der Waals surface area contributed by atoms with Gasteiger partial charge in [0.1, 0.15) is 11.1 Å². The molecule has 7 nitrogen and oxygen atoms in total. The van der Waals surface area contributed by atoms with Gasteiger partial charge in [-0.05, 0) is 50.6 Å². The normalized spacial score (nSPS) is 20.3. The third kappa shape index (κ3) is 5.31. The fourth-order valence-corrected chi connectivity index (χ4v) is 4.71. The van der Waals surface area contributed by atoms with Crippen LogP contribution in [0.1, 0.15) is 20.3 Å². The van der Waals surface area contributed by atoms with E-state index in [4.69, 9.17) is 16.3 Å². The maximum atomic E-state index is 14.8. The van der Waals surface area contributed by atoms with Crippen LogP contribution in [0.4, 0.5) is 8.78 Å². The van der Waals surface area contributed by atoms with Crippen LogP contribution in [0.2, 0.25) is 5.02 Å². The highest BCUT2D eigenvalue weighted by atomic mass is 35.5. The molecule has 1 amide bonds. The molecule has 0 bridgehead atoms. The van der Waals surface area contributed by atoms with Crippen LogP contribution < -0.4 is 10.1 Å². The van der Waals surface area contributed by atoms with Gasteiger partial charge in [-0.25, -0.2) is 17.2 Å². The molecule has 0 radical (unpaired) electrons. The van der Waals surface area contributed by atoms with Crippen molar-refractivity contribution in [3.8, 4) is 5.75 Å². The van der Waals surface area contributed by atoms with Gasteiger partial charge in [0.2, 0.25) is 10.0 Å². The minimum atomic E-state index is -3.88. The monoisotopic (exact) mass is 473 g/mol. The maximum Gasteiger partial charge on any atom is 0.263 e. The van der Waals surface area contributed by atoms with E-state index in [-0.39, 0.29) is 28.6 Å². The first kappa shape index (κ1) is 23.4. The van der Waals surface area contributed by atoms with Crippen LogP contribution in [0.25, 0.3) is 0 Å². The topological polar surface area (TPSA) is 88.6 Å². The zero-order valence-corrected chi connectivity index (χ0v) is 18.5. The number of nitrogens with one attached hydrogen (secondary N) is 1. The van der Waals surface area contributed by atoms with E-state index >= 15 is 0 Å². The van der Waals surface area contributed by atoms with Gasteiger partial charge in [0.05, 0.1) is 6.04 Å². The van der Waals surface area contributed by atoms with Crippen LogP contribution in [-0.2, 0) is 14.8 Å². The average Bonchev–Trinajstić information content (AvgIpc) is 2.72. The van der Waals surface area contributed by atoms with Gasteiger partial charge >= 0.3 is 0 Å². The van der Waals surface area contributed by atoms with Crippen LogP contribution in [-0.4, -0.2) is 54.5 Å². The van der Waals surface area contributed by atoms with Crippen LogP contribution >= 0.6 is 11.6 Å². The van der Waals surface area contributed by atoms with Crippen LogP contribution in [0.5, 0.6) is 5.75 Å². The number of aromatic nitrogens is 1. The smallest absolute Gasteiger partial charge is 0.263 e. The molecule has 3 rings (SSSR count). The van der Waals surface area contributed by atoms with Crippen molar-refractivity contribution in [1.82, 2.24) is 14.6 Å². The second kappa shape index (κ2) is 9.05. The Bertz CT molecular complexity index is 1050. The molecule has 0 saturated carbocycles. The molecule has 1 aromatic carbocycles. The van der Waals surface area contributed by atoms with E-state index < -0.39 is 46.1 Å². The summed E-state index contributed by atoms with van der Waals surface area (Å²) in [6.07, 6.45) is 1.08. The van der Waals surface area contributed by atoms with Crippen LogP contribution in [0.3, 0.4) is 0 Å². The summed E-state index contributed by atoms with van der Waals surface area (Å²) in [4.78, 5) is 16.4. The highest BCUT2D eigenvalue weighted by molar-refractivity contribution is 7.89. The van der Waals surface area contributed by atoms with Crippen LogP contribution in [0, 0.1) is 5.82 Å². The number of piperidine rings is 1. The lowest BCUT2D eigenvalue weighted by molar-refractivity contribution is -0.135. The summed E-state index contributed by atoms with van der Waals surface area (Å²) in [5.41, 5.74) is -1.51. The largest absolute Gasteiger partial charge is 0.475 e. The van der Waals surface area contributed by atoms with Crippen LogP contribution in [0.15, 0.2) is 47.6 Å². The quantitative estimate of drug-likeness (QED) is 0.696. The molecule has 1 aliphatic heterocycles. The number of hydrogen-bond acceptors (Lipinski definition) is 5. The van der Waals surface area contributed by atoms with Crippen molar-refractivity contribution in [2.75, 3.05) is 13.1 Å². The van der Waals surface area contributed by atoms with E-state index in [1.807, 2.05) is 0 Å². The Morgan fingerprint density at radius 2 is 2.10 bits per heavy atom. The van der Waals surface area contributed by atoms with Crippen molar-refractivity contribution >= 4 is 27.5 Å². The standard InChI is InChI=1S/C20H22ClF2N3O4S/c1-20(2,30-18-6-5-13(21)10-15(18)22)19(27)25-17-7-9-26(12-16(17)23)31(28,29)14-4-3-8-24-11-14/h3-6,8,10-11,16-17H,7,9,12H2,1-2H3,(H,25,27)/t16-,17-/m1/s1. The zero-order valence-electron chi connectivity index (χ0n) is 16.9. The number of rotatable bonds is 6. The Labute approximate surface area is 184 Å². The first-order valence-corrected chi connectivity index (χ1v) is 11.3. The molecule has 1 aromatic heterocycles. The van der Waals surface area contributed by atoms with Gasteiger partial charge in [-0.15, -0.1) is 0 Å². The molecule has 168 valence electrons. The lowest BCUT2D eigenvalue weighted by Gasteiger charge is -2.36. The number of alkyl halides is 1. The van der Waals surface area contributed by atoms with Crippen molar-refractivity contribution in [3.63, 3.8) is 0 Å². The predicted molar refractivity (Wildman–Crippen MR) is 111 cm³/mol. The van der Waals surface area contributed by atoms with Gasteiger partial charge in [-0.3, -0.25) is 9.78 Å². The minimum Gasteiger partial charge on any atom is -0.475 e. The number of sulfonamides is 1. The van der Waals surface area contributed by atoms with Crippen molar-refractivity contribution in [2.45, 2.75) is 43.0 Å². The Morgan fingerprint density at radius 3 is 2.71 bits per heavy atom. The molecule has 11 heteroatoms. The second-order valence-corrected chi connectivity index (χ2v) is 10.00. The molecule has 1 N–H and O–H groups in total. The summed E-state index contributed by atoms with van der Waals surface area (Å²) < 4.78 is 60.6. The van der Waals surface area contributed by atoms with E-state index in [0.717, 1.165) is 10.4 Å². The highest BCUT2D eigenvalue weighted by Crippen LogP contribution is 2.26. The molecule has 0 spiro atoms. The van der Waals surface area contributed by atoms with Gasteiger partial charge in [-0.1, -0.05) is 11.6 Å². The number of benzene rings is 1. The number of carbonyl (C=O) groups excluding carboxylic acids is 1. The van der Waals surface area contributed by atoms with Gasteiger partial charge < -0.3 is 10.1 Å². The number of pyridine rings is 1. The minimum absolute atomic E-state index is 0.0235. The van der Waals surface area contributed by atoms with E-state index in [9.17, 15) is 22.0 Å². The second-order valence-electron chi connectivity index (χ2n) is 7.62. The predicted octanol–water partition coefficient (Wildman–Crippen LogP) is 2.95. The Morgan fingerprint density at radius 1 is 1.35 bits per heavy atom. The van der Waals surface area contributed by atoms with Gasteiger partial charge in [-0.2, -0.15) is 4.31 Å². The van der Waals surface area contributed by atoms with Crippen molar-refractivity contribution < 1.29 is 26.7 Å². The number of carbonyl (C=O) groups is 1. The molecule has 31 heavy (non-hydrogen) atoms. The zero-order chi connectivity index (χ0) is 22.8. The first-order valence-electron chi connectivity index (χ1n) is 9.50. The first-order chi connectivity index (χ1) is 14.5. The summed E-state index contributed by atoms with van der Waals surface area (Å²) in [6.45, 7) is 2.46. The summed E-state index contributed by atoms with van der Waals surface area (Å²) in [5.74, 6) is -1.55. The number of amides is 1. The molecule has 0 unspecified atom stereocenters. The fraction of sp³-hybridized carbons (Fsp3) is 0.400. The molecule has 2 heterocycles. The molecule has 2 atom stereocenters. The molecule has 0 aliphatic carbocycles. The SMILES string of the molecule is CC(C)(Oc1ccc(Cl)cc1F)C(=O)N[C@@H]1CCN(S(=O)(=O)c2cccnc2)C[C@H]1F. The maximum absolute atomic E-state index is 14.8. The Kier molecular flexibility index (Phi) is 6.82. The lowest BCUT2D eigenvalue weighted by atomic mass is 10.0. The average molecular weight is 474 g/mol. The van der Waals surface area contributed by atoms with Crippen molar-refractivity contribution in [2.24, 2.45) is 0 Å². The highest BCUT2D eigenvalue weighted by Gasteiger charge is 2.39. The van der Waals surface area contributed by atoms with Gasteiger partial charge in [0, 0.05) is 30.5 Å². The van der Waals surface area contributed by atoms with Crippen molar-refractivity contribution in [1.29, 1.82) is 0 Å². The van der Waals surface area contributed by atoms with E-state index in [0.29, 0.717) is 0 Å². The molecule has 1 saturated heterocycles.